The standard InChI is InChI=1S/C23H26ClFN4O4/c1-22(2,3)32-21(30)29-10-8-23(31,9-11-29)20-26-13-17(28(20)4)18-12-16(27-33-18)19-14(24)6-5-7-15(19)25/h5-7,12-13,31H,8-11H2,1-4H3. The van der Waals surface area contributed by atoms with Crippen molar-refractivity contribution < 1.29 is 23.6 Å². The molecule has 1 aliphatic heterocycles. The second kappa shape index (κ2) is 8.46. The summed E-state index contributed by atoms with van der Waals surface area (Å²) in [4.78, 5) is 18.3. The molecule has 2 aromatic heterocycles. The summed E-state index contributed by atoms with van der Waals surface area (Å²) in [6, 6.07) is 5.98. The smallest absolute Gasteiger partial charge is 0.410 e. The molecule has 1 amide bonds. The molecule has 10 heteroatoms. The van der Waals surface area contributed by atoms with E-state index >= 15 is 0 Å². The first kappa shape index (κ1) is 23.3. The summed E-state index contributed by atoms with van der Waals surface area (Å²) in [5.41, 5.74) is -0.810. The second-order valence-corrected chi connectivity index (χ2v) is 9.61. The van der Waals surface area contributed by atoms with Crippen LogP contribution in [0.3, 0.4) is 0 Å². The van der Waals surface area contributed by atoms with Gasteiger partial charge in [0.05, 0.1) is 16.8 Å². The van der Waals surface area contributed by atoms with E-state index in [9.17, 15) is 14.3 Å². The molecular weight excluding hydrogens is 451 g/mol. The Morgan fingerprint density at radius 1 is 1.30 bits per heavy atom. The van der Waals surface area contributed by atoms with E-state index in [-0.39, 0.29) is 16.3 Å². The summed E-state index contributed by atoms with van der Waals surface area (Å²) >= 11 is 6.13. The molecule has 0 saturated carbocycles. The fraction of sp³-hybridized carbons (Fsp3) is 0.435. The molecule has 3 aromatic rings. The lowest BCUT2D eigenvalue weighted by atomic mass is 9.90. The quantitative estimate of drug-likeness (QED) is 0.586. The number of halogens is 2. The van der Waals surface area contributed by atoms with Gasteiger partial charge in [-0.05, 0) is 32.9 Å². The number of likely N-dealkylation sites (tertiary alicyclic amines) is 1. The van der Waals surface area contributed by atoms with Crippen LogP contribution in [-0.2, 0) is 17.4 Å². The summed E-state index contributed by atoms with van der Waals surface area (Å²) in [6.45, 7) is 6.12. The van der Waals surface area contributed by atoms with Crippen LogP contribution in [-0.4, -0.2) is 49.5 Å². The number of nitrogens with zero attached hydrogens (tertiary/aromatic N) is 4. The third kappa shape index (κ3) is 4.60. The summed E-state index contributed by atoms with van der Waals surface area (Å²) < 4.78 is 26.8. The zero-order valence-electron chi connectivity index (χ0n) is 18.9. The number of aromatic nitrogens is 3. The molecule has 0 unspecified atom stereocenters. The first-order chi connectivity index (χ1) is 15.5. The number of carbonyl (C=O) groups excluding carboxylic acids is 1. The summed E-state index contributed by atoms with van der Waals surface area (Å²) in [7, 11) is 1.76. The molecule has 1 aromatic carbocycles. The Bertz CT molecular complexity index is 1160. The zero-order valence-corrected chi connectivity index (χ0v) is 19.7. The van der Waals surface area contributed by atoms with E-state index in [1.807, 2.05) is 20.8 Å². The minimum atomic E-state index is -1.22. The van der Waals surface area contributed by atoms with Crippen molar-refractivity contribution in [2.45, 2.75) is 44.8 Å². The Morgan fingerprint density at radius 2 is 2.00 bits per heavy atom. The van der Waals surface area contributed by atoms with Crippen molar-refractivity contribution in [3.63, 3.8) is 0 Å². The van der Waals surface area contributed by atoms with Gasteiger partial charge >= 0.3 is 6.09 Å². The fourth-order valence-electron chi connectivity index (χ4n) is 3.94. The Labute approximate surface area is 195 Å². The fourth-order valence-corrected chi connectivity index (χ4v) is 4.20. The maximum atomic E-state index is 14.3. The lowest BCUT2D eigenvalue weighted by molar-refractivity contribution is -0.0422. The number of aliphatic hydroxyl groups is 1. The number of amides is 1. The first-order valence-corrected chi connectivity index (χ1v) is 11.0. The minimum absolute atomic E-state index is 0.157. The van der Waals surface area contributed by atoms with Gasteiger partial charge in [0.2, 0.25) is 0 Å². The summed E-state index contributed by atoms with van der Waals surface area (Å²) in [5, 5.41) is 15.5. The van der Waals surface area contributed by atoms with Crippen molar-refractivity contribution in [1.82, 2.24) is 19.6 Å². The van der Waals surface area contributed by atoms with Gasteiger partial charge in [-0.25, -0.2) is 14.2 Å². The molecule has 0 bridgehead atoms. The summed E-state index contributed by atoms with van der Waals surface area (Å²) in [6.07, 6.45) is 1.79. The van der Waals surface area contributed by atoms with E-state index in [1.54, 1.807) is 34.8 Å². The Kier molecular flexibility index (Phi) is 5.96. The van der Waals surface area contributed by atoms with E-state index in [2.05, 4.69) is 10.1 Å². The van der Waals surface area contributed by atoms with Crippen LogP contribution in [0.1, 0.15) is 39.4 Å². The molecular formula is C23H26ClFN4O4. The number of piperidine rings is 1. The maximum absolute atomic E-state index is 14.3. The van der Waals surface area contributed by atoms with E-state index in [1.165, 1.54) is 12.1 Å². The number of carbonyl (C=O) groups is 1. The molecule has 1 fully saturated rings. The van der Waals surface area contributed by atoms with E-state index in [0.29, 0.717) is 43.2 Å². The van der Waals surface area contributed by atoms with Gasteiger partial charge < -0.3 is 23.8 Å². The lowest BCUT2D eigenvalue weighted by Gasteiger charge is -2.38. The van der Waals surface area contributed by atoms with Crippen molar-refractivity contribution in [3.8, 4) is 22.7 Å². The average molecular weight is 477 g/mol. The predicted octanol–water partition coefficient (Wildman–Crippen LogP) is 4.75. The van der Waals surface area contributed by atoms with Gasteiger partial charge in [0.1, 0.15) is 34.2 Å². The van der Waals surface area contributed by atoms with Crippen LogP contribution < -0.4 is 0 Å². The van der Waals surface area contributed by atoms with E-state index < -0.39 is 23.1 Å². The van der Waals surface area contributed by atoms with Crippen LogP contribution >= 0.6 is 11.6 Å². The highest BCUT2D eigenvalue weighted by Crippen LogP contribution is 2.36. The van der Waals surface area contributed by atoms with Crippen molar-refractivity contribution in [3.05, 3.63) is 47.1 Å². The number of benzene rings is 1. The molecule has 33 heavy (non-hydrogen) atoms. The zero-order chi connectivity index (χ0) is 24.0. The second-order valence-electron chi connectivity index (χ2n) is 9.20. The van der Waals surface area contributed by atoms with Crippen molar-refractivity contribution >= 4 is 17.7 Å². The molecule has 0 spiro atoms. The molecule has 1 aliphatic rings. The predicted molar refractivity (Wildman–Crippen MR) is 120 cm³/mol. The van der Waals surface area contributed by atoms with Gasteiger partial charge in [0.25, 0.3) is 0 Å². The summed E-state index contributed by atoms with van der Waals surface area (Å²) in [5.74, 6) is 0.308. The highest BCUT2D eigenvalue weighted by molar-refractivity contribution is 6.33. The molecule has 0 aliphatic carbocycles. The Morgan fingerprint density at radius 3 is 2.64 bits per heavy atom. The highest BCUT2D eigenvalue weighted by Gasteiger charge is 2.40. The molecule has 1 saturated heterocycles. The van der Waals surface area contributed by atoms with Gasteiger partial charge in [-0.1, -0.05) is 22.8 Å². The topological polar surface area (TPSA) is 93.6 Å². The van der Waals surface area contributed by atoms with Gasteiger partial charge in [-0.15, -0.1) is 0 Å². The average Bonchev–Trinajstić information content (AvgIpc) is 3.34. The lowest BCUT2D eigenvalue weighted by Crippen LogP contribution is -2.47. The number of rotatable bonds is 3. The van der Waals surface area contributed by atoms with Crippen molar-refractivity contribution in [1.29, 1.82) is 0 Å². The van der Waals surface area contributed by atoms with Gasteiger partial charge in [0.15, 0.2) is 5.76 Å². The molecule has 0 radical (unpaired) electrons. The Hall–Kier alpha value is -2.91. The first-order valence-electron chi connectivity index (χ1n) is 10.6. The number of hydrogen-bond donors (Lipinski definition) is 1. The largest absolute Gasteiger partial charge is 0.444 e. The molecule has 1 N–H and O–H groups in total. The number of hydrogen-bond acceptors (Lipinski definition) is 6. The molecule has 176 valence electrons. The monoisotopic (exact) mass is 476 g/mol. The van der Waals surface area contributed by atoms with Gasteiger partial charge in [0, 0.05) is 39.0 Å². The van der Waals surface area contributed by atoms with Gasteiger partial charge in [-0.3, -0.25) is 0 Å². The molecule has 8 nitrogen and oxygen atoms in total. The third-order valence-corrected chi connectivity index (χ3v) is 5.94. The third-order valence-electron chi connectivity index (χ3n) is 5.63. The Balaban J connectivity index is 1.53. The molecule has 3 heterocycles. The van der Waals surface area contributed by atoms with Crippen molar-refractivity contribution in [2.24, 2.45) is 7.05 Å². The van der Waals surface area contributed by atoms with Crippen LogP contribution in [0.4, 0.5) is 9.18 Å². The molecule has 0 atom stereocenters. The van der Waals surface area contributed by atoms with Crippen LogP contribution in [0.15, 0.2) is 35.0 Å². The van der Waals surface area contributed by atoms with Crippen LogP contribution in [0.2, 0.25) is 5.02 Å². The number of ether oxygens (including phenoxy) is 1. The number of imidazole rings is 1. The van der Waals surface area contributed by atoms with Crippen LogP contribution in [0, 0.1) is 5.82 Å². The maximum Gasteiger partial charge on any atom is 0.410 e. The van der Waals surface area contributed by atoms with Gasteiger partial charge in [-0.2, -0.15) is 0 Å². The highest BCUT2D eigenvalue weighted by atomic mass is 35.5. The molecule has 4 rings (SSSR count). The normalized spacial score (nSPS) is 16.2. The van der Waals surface area contributed by atoms with Crippen molar-refractivity contribution in [2.75, 3.05) is 13.1 Å². The van der Waals surface area contributed by atoms with E-state index in [0.717, 1.165) is 0 Å². The van der Waals surface area contributed by atoms with Crippen LogP contribution in [0.25, 0.3) is 22.7 Å². The van der Waals surface area contributed by atoms with Crippen LogP contribution in [0.5, 0.6) is 0 Å². The van der Waals surface area contributed by atoms with E-state index in [4.69, 9.17) is 20.9 Å². The minimum Gasteiger partial charge on any atom is -0.444 e. The SMILES string of the molecule is Cn1c(-c2cc(-c3c(F)cccc3Cl)no2)cnc1C1(O)CCN(C(=O)OC(C)(C)C)CC1.